The highest BCUT2D eigenvalue weighted by molar-refractivity contribution is 4.71. The Morgan fingerprint density at radius 1 is 1.23 bits per heavy atom. The fourth-order valence-corrected chi connectivity index (χ4v) is 2.27. The van der Waals surface area contributed by atoms with E-state index in [1.165, 1.54) is 45.1 Å². The van der Waals surface area contributed by atoms with E-state index in [2.05, 4.69) is 25.8 Å². The van der Waals surface area contributed by atoms with Crippen LogP contribution < -0.4 is 0 Å². The molecule has 1 aliphatic carbocycles. The molecule has 1 nitrogen and oxygen atoms in total. The molecular formula is C12H25N. The fraction of sp³-hybridized carbons (Fsp3) is 1.00. The number of nitrogens with zero attached hydrogens (tertiary/aromatic N) is 1. The summed E-state index contributed by atoms with van der Waals surface area (Å²) in [6.45, 7) is 5.94. The van der Waals surface area contributed by atoms with E-state index in [0.717, 1.165) is 12.0 Å². The lowest BCUT2D eigenvalue weighted by Gasteiger charge is -2.30. The summed E-state index contributed by atoms with van der Waals surface area (Å²) in [5, 5.41) is 0. The maximum absolute atomic E-state index is 2.54. The maximum Gasteiger partial charge on any atom is 0.00613 e. The summed E-state index contributed by atoms with van der Waals surface area (Å²) >= 11 is 0. The zero-order valence-corrected chi connectivity index (χ0v) is 9.55. The van der Waals surface area contributed by atoms with Gasteiger partial charge in [0.2, 0.25) is 0 Å². The molecule has 78 valence electrons. The average molecular weight is 183 g/mol. The van der Waals surface area contributed by atoms with Gasteiger partial charge in [-0.3, -0.25) is 0 Å². The first-order valence-electron chi connectivity index (χ1n) is 5.94. The lowest BCUT2D eigenvalue weighted by Crippen LogP contribution is -2.33. The van der Waals surface area contributed by atoms with Gasteiger partial charge in [0.25, 0.3) is 0 Å². The summed E-state index contributed by atoms with van der Waals surface area (Å²) < 4.78 is 0. The molecule has 0 radical (unpaired) electrons. The van der Waals surface area contributed by atoms with Crippen molar-refractivity contribution in [3.63, 3.8) is 0 Å². The van der Waals surface area contributed by atoms with Gasteiger partial charge in [0.15, 0.2) is 0 Å². The molecule has 0 heterocycles. The maximum atomic E-state index is 2.54. The lowest BCUT2D eigenvalue weighted by molar-refractivity contribution is 0.188. The van der Waals surface area contributed by atoms with Gasteiger partial charge in [-0.2, -0.15) is 0 Å². The monoisotopic (exact) mass is 183 g/mol. The predicted molar refractivity (Wildman–Crippen MR) is 59.0 cm³/mol. The first-order valence-corrected chi connectivity index (χ1v) is 5.94. The Hall–Kier alpha value is -0.0400. The van der Waals surface area contributed by atoms with Crippen molar-refractivity contribution in [1.82, 2.24) is 4.90 Å². The zero-order chi connectivity index (χ0) is 9.68. The minimum Gasteiger partial charge on any atom is -0.303 e. The minimum atomic E-state index is 0.766. The van der Waals surface area contributed by atoms with E-state index in [9.17, 15) is 0 Å². The third kappa shape index (κ3) is 3.68. The lowest BCUT2D eigenvalue weighted by atomic mass is 9.89. The highest BCUT2D eigenvalue weighted by Gasteiger charge is 2.16. The summed E-state index contributed by atoms with van der Waals surface area (Å²) in [6, 6.07) is 0.766. The molecule has 0 spiro atoms. The van der Waals surface area contributed by atoms with Crippen LogP contribution in [0.2, 0.25) is 0 Å². The second-order valence-corrected chi connectivity index (χ2v) is 4.70. The highest BCUT2D eigenvalue weighted by atomic mass is 15.1. The molecule has 0 aliphatic heterocycles. The molecule has 0 amide bonds. The second kappa shape index (κ2) is 5.64. The standard InChI is InChI=1S/C12H25N/c1-4-11(2)13(3)10-12-8-6-5-7-9-12/h11-12H,4-10H2,1-3H3/t11-/m1/s1. The quantitative estimate of drug-likeness (QED) is 0.646. The SMILES string of the molecule is CC[C@@H](C)N(C)CC1CCCCC1. The zero-order valence-electron chi connectivity index (χ0n) is 9.55. The van der Waals surface area contributed by atoms with Gasteiger partial charge in [-0.1, -0.05) is 26.2 Å². The average Bonchev–Trinajstić information content (AvgIpc) is 2.18. The summed E-state index contributed by atoms with van der Waals surface area (Å²) in [7, 11) is 2.28. The molecule has 0 N–H and O–H groups in total. The highest BCUT2D eigenvalue weighted by Crippen LogP contribution is 2.24. The summed E-state index contributed by atoms with van der Waals surface area (Å²) in [5.74, 6) is 0.993. The van der Waals surface area contributed by atoms with Crippen molar-refractivity contribution in [3.8, 4) is 0 Å². The van der Waals surface area contributed by atoms with Crippen LogP contribution in [0, 0.1) is 5.92 Å². The Kier molecular flexibility index (Phi) is 4.79. The Morgan fingerprint density at radius 3 is 2.38 bits per heavy atom. The van der Waals surface area contributed by atoms with E-state index in [1.54, 1.807) is 0 Å². The molecule has 0 saturated heterocycles. The topological polar surface area (TPSA) is 3.24 Å². The van der Waals surface area contributed by atoms with E-state index in [-0.39, 0.29) is 0 Å². The van der Waals surface area contributed by atoms with Crippen LogP contribution in [0.4, 0.5) is 0 Å². The molecule has 1 atom stereocenters. The number of rotatable bonds is 4. The van der Waals surface area contributed by atoms with Crippen LogP contribution in [0.15, 0.2) is 0 Å². The van der Waals surface area contributed by atoms with Crippen LogP contribution in [-0.2, 0) is 0 Å². The fourth-order valence-electron chi connectivity index (χ4n) is 2.27. The van der Waals surface area contributed by atoms with Gasteiger partial charge in [0.1, 0.15) is 0 Å². The van der Waals surface area contributed by atoms with E-state index in [4.69, 9.17) is 0 Å². The van der Waals surface area contributed by atoms with E-state index < -0.39 is 0 Å². The van der Waals surface area contributed by atoms with Crippen LogP contribution in [-0.4, -0.2) is 24.5 Å². The molecule has 0 aromatic heterocycles. The summed E-state index contributed by atoms with van der Waals surface area (Å²) in [5.41, 5.74) is 0. The minimum absolute atomic E-state index is 0.766. The van der Waals surface area contributed by atoms with Gasteiger partial charge < -0.3 is 4.90 Å². The Labute approximate surface area is 83.5 Å². The molecule has 1 aliphatic rings. The van der Waals surface area contributed by atoms with Crippen LogP contribution in [0.25, 0.3) is 0 Å². The van der Waals surface area contributed by atoms with Gasteiger partial charge in [0, 0.05) is 12.6 Å². The largest absolute Gasteiger partial charge is 0.303 e. The molecule has 1 fully saturated rings. The first kappa shape index (κ1) is 11.0. The molecule has 0 aromatic carbocycles. The van der Waals surface area contributed by atoms with Gasteiger partial charge in [-0.25, -0.2) is 0 Å². The third-order valence-corrected chi connectivity index (χ3v) is 3.61. The van der Waals surface area contributed by atoms with Crippen molar-refractivity contribution in [1.29, 1.82) is 0 Å². The third-order valence-electron chi connectivity index (χ3n) is 3.61. The molecule has 1 rings (SSSR count). The van der Waals surface area contributed by atoms with Gasteiger partial charge in [-0.15, -0.1) is 0 Å². The molecule has 1 heteroatoms. The Balaban J connectivity index is 2.21. The summed E-state index contributed by atoms with van der Waals surface area (Å²) in [4.78, 5) is 2.54. The van der Waals surface area contributed by atoms with Crippen molar-refractivity contribution < 1.29 is 0 Å². The Morgan fingerprint density at radius 2 is 1.85 bits per heavy atom. The molecule has 0 unspecified atom stereocenters. The van der Waals surface area contributed by atoms with Crippen molar-refractivity contribution in [3.05, 3.63) is 0 Å². The van der Waals surface area contributed by atoms with Crippen molar-refractivity contribution in [2.24, 2.45) is 5.92 Å². The smallest absolute Gasteiger partial charge is 0.00613 e. The van der Waals surface area contributed by atoms with Crippen LogP contribution in [0.5, 0.6) is 0 Å². The van der Waals surface area contributed by atoms with Crippen molar-refractivity contribution >= 4 is 0 Å². The molecule has 0 bridgehead atoms. The molecular weight excluding hydrogens is 158 g/mol. The van der Waals surface area contributed by atoms with Crippen molar-refractivity contribution in [2.45, 2.75) is 58.4 Å². The number of hydrogen-bond acceptors (Lipinski definition) is 1. The first-order chi connectivity index (χ1) is 6.24. The van der Waals surface area contributed by atoms with E-state index in [1.807, 2.05) is 0 Å². The van der Waals surface area contributed by atoms with Crippen molar-refractivity contribution in [2.75, 3.05) is 13.6 Å². The van der Waals surface area contributed by atoms with Gasteiger partial charge in [-0.05, 0) is 39.2 Å². The molecule has 13 heavy (non-hydrogen) atoms. The predicted octanol–water partition coefficient (Wildman–Crippen LogP) is 3.30. The molecule has 1 saturated carbocycles. The number of hydrogen-bond donors (Lipinski definition) is 0. The summed E-state index contributed by atoms with van der Waals surface area (Å²) in [6.07, 6.45) is 8.65. The second-order valence-electron chi connectivity index (χ2n) is 4.70. The van der Waals surface area contributed by atoms with Gasteiger partial charge in [0.05, 0.1) is 0 Å². The van der Waals surface area contributed by atoms with Crippen LogP contribution in [0.3, 0.4) is 0 Å². The van der Waals surface area contributed by atoms with Crippen LogP contribution >= 0.6 is 0 Å². The van der Waals surface area contributed by atoms with E-state index >= 15 is 0 Å². The van der Waals surface area contributed by atoms with Crippen LogP contribution in [0.1, 0.15) is 52.4 Å². The van der Waals surface area contributed by atoms with E-state index in [0.29, 0.717) is 0 Å². The normalized spacial score (nSPS) is 22.2. The molecule has 0 aromatic rings. The van der Waals surface area contributed by atoms with Gasteiger partial charge >= 0.3 is 0 Å². The Bertz CT molecular complexity index is 127.